The third-order valence-corrected chi connectivity index (χ3v) is 6.01. The first-order valence-corrected chi connectivity index (χ1v) is 9.21. The van der Waals surface area contributed by atoms with Gasteiger partial charge in [-0.1, -0.05) is 13.0 Å². The molecule has 0 aromatic carbocycles. The van der Waals surface area contributed by atoms with Crippen LogP contribution in [0.5, 0.6) is 0 Å². The average Bonchev–Trinajstić information content (AvgIpc) is 3.11. The van der Waals surface area contributed by atoms with E-state index in [0.717, 1.165) is 35.0 Å². The lowest BCUT2D eigenvalue weighted by Gasteiger charge is -2.17. The molecule has 0 fully saturated rings. The topological polar surface area (TPSA) is 45.8 Å². The first kappa shape index (κ1) is 13.9. The molecule has 0 amide bonds. The maximum Gasteiger partial charge on any atom is 0.260 e. The number of aromatic amines is 1. The Morgan fingerprint density at radius 3 is 3.14 bits per heavy atom. The second-order valence-electron chi connectivity index (χ2n) is 5.87. The molecule has 0 spiro atoms. The number of aromatic nitrogens is 2. The first-order valence-electron chi connectivity index (χ1n) is 7.45. The summed E-state index contributed by atoms with van der Waals surface area (Å²) < 4.78 is 0. The number of aryl methyl sites for hydroxylation is 1. The largest absolute Gasteiger partial charge is 0.306 e. The zero-order chi connectivity index (χ0) is 15.1. The van der Waals surface area contributed by atoms with E-state index in [2.05, 4.69) is 22.3 Å². The number of thiophene rings is 2. The van der Waals surface area contributed by atoms with Crippen LogP contribution >= 0.6 is 22.7 Å². The van der Waals surface area contributed by atoms with Crippen molar-refractivity contribution in [3.05, 3.63) is 49.0 Å². The van der Waals surface area contributed by atoms with Crippen LogP contribution in [-0.2, 0) is 12.8 Å². The van der Waals surface area contributed by atoms with E-state index < -0.39 is 0 Å². The zero-order valence-electron chi connectivity index (χ0n) is 12.3. The average molecular weight is 328 g/mol. The third kappa shape index (κ3) is 2.44. The molecular formula is C17H16N2OS2. The summed E-state index contributed by atoms with van der Waals surface area (Å²) in [5.41, 5.74) is 2.37. The summed E-state index contributed by atoms with van der Waals surface area (Å²) in [6.07, 6.45) is 7.11. The summed E-state index contributed by atoms with van der Waals surface area (Å²) in [5.74, 6) is 1.34. The maximum atomic E-state index is 12.5. The minimum atomic E-state index is 0.00187. The van der Waals surface area contributed by atoms with Crippen molar-refractivity contribution in [1.29, 1.82) is 0 Å². The monoisotopic (exact) mass is 328 g/mol. The molecule has 1 aliphatic rings. The Bertz CT molecular complexity index is 903. The number of fused-ring (bicyclic) bond motifs is 3. The standard InChI is InChI=1S/C17H16N2OS2/c1-10-2-4-12-13(8-10)22-17-15(12)16(20)18-14(19-17)5-3-11-6-7-21-9-11/h3,5-7,9-10H,2,4,8H2,1H3,(H,18,19,20)/b5-3+/t10-/m0/s1. The van der Waals surface area contributed by atoms with E-state index in [1.165, 1.54) is 10.4 Å². The van der Waals surface area contributed by atoms with Gasteiger partial charge in [0.15, 0.2) is 0 Å². The number of nitrogens with one attached hydrogen (secondary N) is 1. The van der Waals surface area contributed by atoms with Gasteiger partial charge in [-0.2, -0.15) is 11.3 Å². The smallest absolute Gasteiger partial charge is 0.260 e. The molecule has 0 saturated heterocycles. The van der Waals surface area contributed by atoms with Crippen molar-refractivity contribution in [3.8, 4) is 0 Å². The van der Waals surface area contributed by atoms with Gasteiger partial charge in [-0.05, 0) is 59.2 Å². The fourth-order valence-electron chi connectivity index (χ4n) is 2.99. The number of rotatable bonds is 2. The van der Waals surface area contributed by atoms with Gasteiger partial charge in [-0.3, -0.25) is 4.79 Å². The second kappa shape index (κ2) is 5.48. The van der Waals surface area contributed by atoms with E-state index in [-0.39, 0.29) is 5.56 Å². The molecule has 0 saturated carbocycles. The van der Waals surface area contributed by atoms with Crippen LogP contribution in [0, 0.1) is 5.92 Å². The van der Waals surface area contributed by atoms with Crippen LogP contribution < -0.4 is 5.56 Å². The summed E-state index contributed by atoms with van der Waals surface area (Å²) in [4.78, 5) is 22.3. The van der Waals surface area contributed by atoms with Gasteiger partial charge >= 0.3 is 0 Å². The van der Waals surface area contributed by atoms with Crippen molar-refractivity contribution >= 4 is 45.0 Å². The van der Waals surface area contributed by atoms with Crippen molar-refractivity contribution in [2.24, 2.45) is 5.92 Å². The minimum absolute atomic E-state index is 0.00187. The van der Waals surface area contributed by atoms with E-state index in [0.29, 0.717) is 11.7 Å². The zero-order valence-corrected chi connectivity index (χ0v) is 13.9. The molecule has 1 N–H and O–H groups in total. The quantitative estimate of drug-likeness (QED) is 0.760. The fourth-order valence-corrected chi connectivity index (χ4v) is 5.01. The van der Waals surface area contributed by atoms with Gasteiger partial charge in [-0.25, -0.2) is 4.98 Å². The lowest BCUT2D eigenvalue weighted by Crippen LogP contribution is -2.13. The number of hydrogen-bond donors (Lipinski definition) is 1. The molecule has 0 unspecified atom stereocenters. The summed E-state index contributed by atoms with van der Waals surface area (Å²) >= 11 is 3.35. The van der Waals surface area contributed by atoms with Crippen LogP contribution in [0.25, 0.3) is 22.4 Å². The van der Waals surface area contributed by atoms with E-state index >= 15 is 0 Å². The predicted octanol–water partition coefficient (Wildman–Crippen LogP) is 4.34. The summed E-state index contributed by atoms with van der Waals surface area (Å²) in [6, 6.07) is 2.04. The Morgan fingerprint density at radius 1 is 1.41 bits per heavy atom. The molecule has 4 rings (SSSR count). The molecule has 0 radical (unpaired) electrons. The number of hydrogen-bond acceptors (Lipinski definition) is 4. The highest BCUT2D eigenvalue weighted by Gasteiger charge is 2.22. The SMILES string of the molecule is C[C@H]1CCc2c(sc3nc(/C=C/c4ccsc4)[nH]c(=O)c23)C1. The highest BCUT2D eigenvalue weighted by atomic mass is 32.1. The molecule has 3 aromatic rings. The van der Waals surface area contributed by atoms with Gasteiger partial charge in [0.05, 0.1) is 5.39 Å². The van der Waals surface area contributed by atoms with Crippen LogP contribution in [0.2, 0.25) is 0 Å². The highest BCUT2D eigenvalue weighted by molar-refractivity contribution is 7.18. The summed E-state index contributed by atoms with van der Waals surface area (Å²) in [7, 11) is 0. The van der Waals surface area contributed by atoms with Crippen LogP contribution in [-0.4, -0.2) is 9.97 Å². The van der Waals surface area contributed by atoms with Crippen LogP contribution in [0.3, 0.4) is 0 Å². The first-order chi connectivity index (χ1) is 10.7. The van der Waals surface area contributed by atoms with Crippen LogP contribution in [0.15, 0.2) is 21.6 Å². The van der Waals surface area contributed by atoms with Gasteiger partial charge < -0.3 is 4.98 Å². The van der Waals surface area contributed by atoms with E-state index in [1.807, 2.05) is 23.6 Å². The lowest BCUT2D eigenvalue weighted by atomic mass is 9.89. The molecular weight excluding hydrogens is 312 g/mol. The van der Waals surface area contributed by atoms with Gasteiger partial charge in [0.1, 0.15) is 10.7 Å². The molecule has 1 atom stereocenters. The van der Waals surface area contributed by atoms with Gasteiger partial charge in [-0.15, -0.1) is 11.3 Å². The second-order valence-corrected chi connectivity index (χ2v) is 7.74. The fraction of sp³-hybridized carbons (Fsp3) is 0.294. The Balaban J connectivity index is 1.79. The molecule has 3 nitrogen and oxygen atoms in total. The molecule has 0 aliphatic heterocycles. The van der Waals surface area contributed by atoms with Crippen molar-refractivity contribution < 1.29 is 0 Å². The normalized spacial score (nSPS) is 18.1. The molecule has 3 heterocycles. The maximum absolute atomic E-state index is 12.5. The third-order valence-electron chi connectivity index (χ3n) is 4.16. The molecule has 3 aromatic heterocycles. The lowest BCUT2D eigenvalue weighted by molar-refractivity contribution is 0.509. The summed E-state index contributed by atoms with van der Waals surface area (Å²) in [5, 5.41) is 4.92. The molecule has 5 heteroatoms. The Labute approximate surface area is 136 Å². The Kier molecular flexibility index (Phi) is 3.47. The van der Waals surface area contributed by atoms with E-state index in [9.17, 15) is 4.79 Å². The van der Waals surface area contributed by atoms with Crippen molar-refractivity contribution in [1.82, 2.24) is 9.97 Å². The van der Waals surface area contributed by atoms with Crippen LogP contribution in [0.4, 0.5) is 0 Å². The van der Waals surface area contributed by atoms with Crippen molar-refractivity contribution in [3.63, 3.8) is 0 Å². The minimum Gasteiger partial charge on any atom is -0.306 e. The van der Waals surface area contributed by atoms with E-state index in [1.54, 1.807) is 22.7 Å². The Hall–Kier alpha value is -1.72. The number of nitrogens with zero attached hydrogens (tertiary/aromatic N) is 1. The van der Waals surface area contributed by atoms with Gasteiger partial charge in [0.25, 0.3) is 5.56 Å². The van der Waals surface area contributed by atoms with Crippen molar-refractivity contribution in [2.75, 3.05) is 0 Å². The van der Waals surface area contributed by atoms with Crippen molar-refractivity contribution in [2.45, 2.75) is 26.2 Å². The highest BCUT2D eigenvalue weighted by Crippen LogP contribution is 2.35. The van der Waals surface area contributed by atoms with E-state index in [4.69, 9.17) is 0 Å². The molecule has 1 aliphatic carbocycles. The molecule has 22 heavy (non-hydrogen) atoms. The number of H-pyrrole nitrogens is 1. The molecule has 0 bridgehead atoms. The Morgan fingerprint density at radius 2 is 2.32 bits per heavy atom. The van der Waals surface area contributed by atoms with Crippen LogP contribution in [0.1, 0.15) is 35.2 Å². The van der Waals surface area contributed by atoms with Gasteiger partial charge in [0, 0.05) is 4.88 Å². The predicted molar refractivity (Wildman–Crippen MR) is 94.7 cm³/mol. The molecule has 112 valence electrons. The van der Waals surface area contributed by atoms with Gasteiger partial charge in [0.2, 0.25) is 0 Å². The summed E-state index contributed by atoms with van der Waals surface area (Å²) in [6.45, 7) is 2.28.